The number of nitrogens with zero attached hydrogens (tertiary/aromatic N) is 1. The van der Waals surface area contributed by atoms with Gasteiger partial charge in [-0.15, -0.1) is 0 Å². The Hall–Kier alpha value is -0.150. The smallest absolute Gasteiger partial charge is 0.0870 e. The summed E-state index contributed by atoms with van der Waals surface area (Å²) in [5, 5.41) is 0. The summed E-state index contributed by atoms with van der Waals surface area (Å²) in [6.07, 6.45) is 10.9. The molecule has 2 nitrogen and oxygen atoms in total. The summed E-state index contributed by atoms with van der Waals surface area (Å²) in [5.74, 6) is 0. The summed E-state index contributed by atoms with van der Waals surface area (Å²) in [6, 6.07) is 0.538. The Balaban J connectivity index is 3.46. The first kappa shape index (κ1) is 17.8. The zero-order chi connectivity index (χ0) is 13.8. The molecule has 0 aromatic carbocycles. The molecule has 0 aromatic rings. The van der Waals surface area contributed by atoms with Crippen LogP contribution in [0.5, 0.6) is 0 Å². The number of thiocarbonyl (C=S) groups is 1. The Bertz CT molecular complexity index is 205. The molecule has 2 N–H and O–H groups in total. The van der Waals surface area contributed by atoms with Gasteiger partial charge in [-0.2, -0.15) is 0 Å². The highest BCUT2D eigenvalue weighted by molar-refractivity contribution is 7.80. The quantitative estimate of drug-likeness (QED) is 0.428. The monoisotopic (exact) mass is 272 g/mol. The standard InChI is InChI=1S/C15H32N2S/c1-4-5-6-7-8-9-10-11-12-17(14(2)3)13-15(16)18/h14H,4-13H2,1-3H3,(H2,16,18). The van der Waals surface area contributed by atoms with Crippen molar-refractivity contribution in [1.29, 1.82) is 0 Å². The molecule has 0 amide bonds. The van der Waals surface area contributed by atoms with Gasteiger partial charge in [-0.1, -0.05) is 64.1 Å². The van der Waals surface area contributed by atoms with Crippen molar-refractivity contribution in [3.05, 3.63) is 0 Å². The molecule has 0 saturated carbocycles. The molecule has 0 aliphatic rings. The van der Waals surface area contributed by atoms with Crippen molar-refractivity contribution in [1.82, 2.24) is 4.90 Å². The molecule has 3 heteroatoms. The molecule has 0 atom stereocenters. The second-order valence-electron chi connectivity index (χ2n) is 5.51. The Morgan fingerprint density at radius 2 is 1.50 bits per heavy atom. The topological polar surface area (TPSA) is 29.3 Å². The molecule has 0 aliphatic heterocycles. The molecule has 18 heavy (non-hydrogen) atoms. The van der Waals surface area contributed by atoms with Crippen LogP contribution in [0, 0.1) is 0 Å². The van der Waals surface area contributed by atoms with Crippen molar-refractivity contribution in [3.63, 3.8) is 0 Å². The van der Waals surface area contributed by atoms with Crippen molar-refractivity contribution < 1.29 is 0 Å². The van der Waals surface area contributed by atoms with Crippen LogP contribution < -0.4 is 5.73 Å². The Morgan fingerprint density at radius 3 is 1.94 bits per heavy atom. The highest BCUT2D eigenvalue weighted by Crippen LogP contribution is 2.09. The van der Waals surface area contributed by atoms with Crippen molar-refractivity contribution in [2.45, 2.75) is 78.2 Å². The van der Waals surface area contributed by atoms with Gasteiger partial charge in [0.05, 0.1) is 4.99 Å². The zero-order valence-corrected chi connectivity index (χ0v) is 13.4. The van der Waals surface area contributed by atoms with Gasteiger partial charge >= 0.3 is 0 Å². The Labute approximate surface area is 119 Å². The van der Waals surface area contributed by atoms with E-state index in [1.807, 2.05) is 0 Å². The molecular weight excluding hydrogens is 240 g/mol. The fraction of sp³-hybridized carbons (Fsp3) is 0.933. The van der Waals surface area contributed by atoms with Crippen LogP contribution in [-0.4, -0.2) is 29.0 Å². The lowest BCUT2D eigenvalue weighted by molar-refractivity contribution is 0.247. The van der Waals surface area contributed by atoms with Gasteiger partial charge in [-0.25, -0.2) is 0 Å². The van der Waals surface area contributed by atoms with E-state index in [0.29, 0.717) is 11.0 Å². The van der Waals surface area contributed by atoms with Crippen LogP contribution in [0.25, 0.3) is 0 Å². The number of hydrogen-bond acceptors (Lipinski definition) is 2. The van der Waals surface area contributed by atoms with Crippen molar-refractivity contribution in [2.75, 3.05) is 13.1 Å². The first-order valence-electron chi connectivity index (χ1n) is 7.60. The Morgan fingerprint density at radius 1 is 1.00 bits per heavy atom. The lowest BCUT2D eigenvalue weighted by Gasteiger charge is -2.25. The largest absolute Gasteiger partial charge is 0.392 e. The van der Waals surface area contributed by atoms with Gasteiger partial charge in [0, 0.05) is 12.6 Å². The molecule has 0 fully saturated rings. The van der Waals surface area contributed by atoms with Gasteiger partial charge in [0.1, 0.15) is 0 Å². The molecule has 0 radical (unpaired) electrons. The summed E-state index contributed by atoms with van der Waals surface area (Å²) in [6.45, 7) is 8.59. The van der Waals surface area contributed by atoms with Crippen LogP contribution >= 0.6 is 12.2 Å². The summed E-state index contributed by atoms with van der Waals surface area (Å²) >= 11 is 4.99. The highest BCUT2D eigenvalue weighted by Gasteiger charge is 2.09. The summed E-state index contributed by atoms with van der Waals surface area (Å²) < 4.78 is 0. The summed E-state index contributed by atoms with van der Waals surface area (Å²) in [4.78, 5) is 2.99. The molecule has 0 saturated heterocycles. The molecule has 0 bridgehead atoms. The van der Waals surface area contributed by atoms with E-state index in [9.17, 15) is 0 Å². The maximum absolute atomic E-state index is 5.62. The second-order valence-corrected chi connectivity index (χ2v) is 6.03. The molecule has 108 valence electrons. The molecule has 0 unspecified atom stereocenters. The minimum Gasteiger partial charge on any atom is -0.392 e. The number of rotatable bonds is 12. The van der Waals surface area contributed by atoms with E-state index < -0.39 is 0 Å². The van der Waals surface area contributed by atoms with Gasteiger partial charge in [-0.3, -0.25) is 4.90 Å². The second kappa shape index (κ2) is 11.9. The third-order valence-electron chi connectivity index (χ3n) is 3.39. The lowest BCUT2D eigenvalue weighted by Crippen LogP contribution is -2.38. The van der Waals surface area contributed by atoms with Gasteiger partial charge in [0.25, 0.3) is 0 Å². The first-order chi connectivity index (χ1) is 8.57. The summed E-state index contributed by atoms with van der Waals surface area (Å²) in [5.41, 5.74) is 5.62. The third kappa shape index (κ3) is 11.0. The van der Waals surface area contributed by atoms with Crippen LogP contribution in [0.15, 0.2) is 0 Å². The normalized spacial score (nSPS) is 11.4. The van der Waals surface area contributed by atoms with E-state index in [0.717, 1.165) is 13.1 Å². The van der Waals surface area contributed by atoms with Crippen LogP contribution in [0.1, 0.15) is 72.1 Å². The van der Waals surface area contributed by atoms with Crippen molar-refractivity contribution >= 4 is 17.2 Å². The third-order valence-corrected chi connectivity index (χ3v) is 3.52. The molecule has 0 aromatic heterocycles. The molecular formula is C15H32N2S. The average Bonchev–Trinajstić information content (AvgIpc) is 2.30. The van der Waals surface area contributed by atoms with Gasteiger partial charge in [0.15, 0.2) is 0 Å². The first-order valence-corrected chi connectivity index (χ1v) is 8.01. The molecule has 0 aliphatic carbocycles. The van der Waals surface area contributed by atoms with Crippen LogP contribution in [0.2, 0.25) is 0 Å². The fourth-order valence-corrected chi connectivity index (χ4v) is 2.33. The number of nitrogens with two attached hydrogens (primary N) is 1. The maximum Gasteiger partial charge on any atom is 0.0870 e. The van der Waals surface area contributed by atoms with Gasteiger partial charge in [0.2, 0.25) is 0 Å². The van der Waals surface area contributed by atoms with Gasteiger partial charge < -0.3 is 5.73 Å². The van der Waals surface area contributed by atoms with Crippen LogP contribution in [0.4, 0.5) is 0 Å². The van der Waals surface area contributed by atoms with Crippen LogP contribution in [0.3, 0.4) is 0 Å². The molecule has 0 heterocycles. The average molecular weight is 273 g/mol. The lowest BCUT2D eigenvalue weighted by atomic mass is 10.1. The minimum atomic E-state index is 0.538. The van der Waals surface area contributed by atoms with E-state index in [2.05, 4.69) is 25.7 Å². The highest BCUT2D eigenvalue weighted by atomic mass is 32.1. The summed E-state index contributed by atoms with van der Waals surface area (Å²) in [7, 11) is 0. The van der Waals surface area contributed by atoms with Gasteiger partial charge in [-0.05, 0) is 26.8 Å². The van der Waals surface area contributed by atoms with E-state index >= 15 is 0 Å². The predicted molar refractivity (Wildman–Crippen MR) is 86.1 cm³/mol. The number of unbranched alkanes of at least 4 members (excludes halogenated alkanes) is 7. The number of hydrogen-bond donors (Lipinski definition) is 1. The molecule has 0 rings (SSSR count). The van der Waals surface area contributed by atoms with E-state index in [1.165, 1.54) is 51.4 Å². The molecule has 0 spiro atoms. The Kier molecular flexibility index (Phi) is 11.8. The van der Waals surface area contributed by atoms with Crippen molar-refractivity contribution in [2.24, 2.45) is 5.73 Å². The minimum absolute atomic E-state index is 0.538. The zero-order valence-electron chi connectivity index (χ0n) is 12.6. The fourth-order valence-electron chi connectivity index (χ4n) is 2.17. The van der Waals surface area contributed by atoms with E-state index in [-0.39, 0.29) is 0 Å². The van der Waals surface area contributed by atoms with E-state index in [1.54, 1.807) is 0 Å². The SMILES string of the molecule is CCCCCCCCCCN(CC(N)=S)C(C)C. The van der Waals surface area contributed by atoms with Crippen molar-refractivity contribution in [3.8, 4) is 0 Å². The predicted octanol–water partition coefficient (Wildman–Crippen LogP) is 4.12. The maximum atomic E-state index is 5.62. The van der Waals surface area contributed by atoms with E-state index in [4.69, 9.17) is 18.0 Å². The van der Waals surface area contributed by atoms with Crippen LogP contribution in [-0.2, 0) is 0 Å².